The van der Waals surface area contributed by atoms with E-state index < -0.39 is 0 Å². The van der Waals surface area contributed by atoms with Crippen LogP contribution < -0.4 is 0 Å². The first-order valence-electron chi connectivity index (χ1n) is 9.12. The molecule has 0 aliphatic heterocycles. The highest BCUT2D eigenvalue weighted by molar-refractivity contribution is 5.18. The van der Waals surface area contributed by atoms with Gasteiger partial charge in [0.25, 0.3) is 0 Å². The Bertz CT molecular complexity index is 434. The molecule has 0 spiro atoms. The predicted molar refractivity (Wildman–Crippen MR) is 89.8 cm³/mol. The Hall–Kier alpha value is -1.04. The molecule has 0 aromatic rings. The van der Waals surface area contributed by atoms with E-state index in [-0.39, 0.29) is 0 Å². The van der Waals surface area contributed by atoms with Gasteiger partial charge in [-0.15, -0.1) is 0 Å². The fraction of sp³-hybridized carbons (Fsp3) is 0.619. The molecule has 0 aromatic carbocycles. The molecular formula is C21H28. The van der Waals surface area contributed by atoms with Gasteiger partial charge in [0.1, 0.15) is 0 Å². The smallest absolute Gasteiger partial charge is 0.0139 e. The summed E-state index contributed by atoms with van der Waals surface area (Å²) in [6.45, 7) is 0. The first kappa shape index (κ1) is 13.6. The molecule has 4 aliphatic carbocycles. The lowest BCUT2D eigenvalue weighted by atomic mass is 9.81. The van der Waals surface area contributed by atoms with Crippen molar-refractivity contribution in [2.24, 2.45) is 35.5 Å². The summed E-state index contributed by atoms with van der Waals surface area (Å²) in [7, 11) is 0. The van der Waals surface area contributed by atoms with Crippen molar-refractivity contribution in [2.75, 3.05) is 0 Å². The van der Waals surface area contributed by atoms with Gasteiger partial charge in [-0.2, -0.15) is 0 Å². The highest BCUT2D eigenvalue weighted by atomic mass is 14.4. The minimum absolute atomic E-state index is 0.863. The predicted octanol–water partition coefficient (Wildman–Crippen LogP) is 5.69. The van der Waals surface area contributed by atoms with Crippen LogP contribution in [0.1, 0.15) is 44.9 Å². The number of fused-ring (bicyclic) bond motifs is 2. The fourth-order valence-corrected chi connectivity index (χ4v) is 5.45. The molecule has 0 amide bonds. The molecular weight excluding hydrogens is 252 g/mol. The van der Waals surface area contributed by atoms with Crippen LogP contribution in [0.4, 0.5) is 0 Å². The van der Waals surface area contributed by atoms with E-state index in [2.05, 4.69) is 48.6 Å². The van der Waals surface area contributed by atoms with Gasteiger partial charge in [0.15, 0.2) is 0 Å². The lowest BCUT2D eigenvalue weighted by molar-refractivity contribution is 0.334. The number of hydrogen-bond donors (Lipinski definition) is 0. The average molecular weight is 280 g/mol. The second-order valence-corrected chi connectivity index (χ2v) is 7.63. The Morgan fingerprint density at radius 1 is 0.571 bits per heavy atom. The number of rotatable bonds is 4. The van der Waals surface area contributed by atoms with Crippen molar-refractivity contribution in [2.45, 2.75) is 44.9 Å². The highest BCUT2D eigenvalue weighted by Gasteiger charge is 2.35. The third-order valence-corrected chi connectivity index (χ3v) is 6.57. The topological polar surface area (TPSA) is 0 Å². The van der Waals surface area contributed by atoms with Crippen molar-refractivity contribution in [3.63, 3.8) is 0 Å². The van der Waals surface area contributed by atoms with Gasteiger partial charge in [0.05, 0.1) is 0 Å². The van der Waals surface area contributed by atoms with Gasteiger partial charge in [-0.3, -0.25) is 0 Å². The number of allylic oxidation sites excluding steroid dienone is 8. The van der Waals surface area contributed by atoms with E-state index in [1.807, 2.05) is 0 Å². The summed E-state index contributed by atoms with van der Waals surface area (Å²) < 4.78 is 0. The van der Waals surface area contributed by atoms with Gasteiger partial charge in [0, 0.05) is 0 Å². The quantitative estimate of drug-likeness (QED) is 0.620. The van der Waals surface area contributed by atoms with Crippen molar-refractivity contribution in [3.8, 4) is 0 Å². The van der Waals surface area contributed by atoms with Crippen LogP contribution in [0.15, 0.2) is 48.6 Å². The maximum absolute atomic E-state index is 2.49. The highest BCUT2D eigenvalue weighted by Crippen LogP contribution is 2.45. The minimum atomic E-state index is 0.863. The lowest BCUT2D eigenvalue weighted by Crippen LogP contribution is -2.15. The molecule has 0 heteroatoms. The van der Waals surface area contributed by atoms with Crippen LogP contribution in [0.2, 0.25) is 0 Å². The van der Waals surface area contributed by atoms with E-state index in [0.29, 0.717) is 0 Å². The summed E-state index contributed by atoms with van der Waals surface area (Å²) in [5.41, 5.74) is 0. The monoisotopic (exact) mass is 280 g/mol. The second-order valence-electron chi connectivity index (χ2n) is 7.63. The van der Waals surface area contributed by atoms with E-state index in [1.54, 1.807) is 0 Å². The SMILES string of the molecule is C1=CC2CCC(CCCC3CCC4C=CC=C[C@H]43)C2C=C1. The van der Waals surface area contributed by atoms with Gasteiger partial charge in [-0.05, 0) is 74.0 Å². The first-order chi connectivity index (χ1) is 10.4. The molecule has 112 valence electrons. The third-order valence-electron chi connectivity index (χ3n) is 6.57. The lowest BCUT2D eigenvalue weighted by Gasteiger charge is -2.24. The number of hydrogen-bond acceptors (Lipinski definition) is 0. The van der Waals surface area contributed by atoms with E-state index >= 15 is 0 Å². The molecule has 0 heterocycles. The first-order valence-corrected chi connectivity index (χ1v) is 9.12. The summed E-state index contributed by atoms with van der Waals surface area (Å²) in [6, 6.07) is 0. The van der Waals surface area contributed by atoms with Crippen molar-refractivity contribution >= 4 is 0 Å². The van der Waals surface area contributed by atoms with E-state index in [4.69, 9.17) is 0 Å². The van der Waals surface area contributed by atoms with Crippen LogP contribution in [0, 0.1) is 35.5 Å². The Balaban J connectivity index is 1.27. The average Bonchev–Trinajstić information content (AvgIpc) is 3.13. The van der Waals surface area contributed by atoms with E-state index in [9.17, 15) is 0 Å². The molecule has 4 rings (SSSR count). The molecule has 21 heavy (non-hydrogen) atoms. The second kappa shape index (κ2) is 5.99. The van der Waals surface area contributed by atoms with Crippen LogP contribution in [0.5, 0.6) is 0 Å². The van der Waals surface area contributed by atoms with Gasteiger partial charge < -0.3 is 0 Å². The molecule has 0 aromatic heterocycles. The Morgan fingerprint density at radius 3 is 1.57 bits per heavy atom. The summed E-state index contributed by atoms with van der Waals surface area (Å²) >= 11 is 0. The van der Waals surface area contributed by atoms with Crippen LogP contribution in [-0.4, -0.2) is 0 Å². The zero-order valence-electron chi connectivity index (χ0n) is 13.0. The van der Waals surface area contributed by atoms with E-state index in [1.165, 1.54) is 44.9 Å². The third kappa shape index (κ3) is 2.70. The minimum Gasteiger partial charge on any atom is -0.0808 e. The van der Waals surface area contributed by atoms with Crippen molar-refractivity contribution in [1.82, 2.24) is 0 Å². The molecule has 0 N–H and O–H groups in total. The summed E-state index contributed by atoms with van der Waals surface area (Å²) in [6.07, 6.45) is 29.1. The molecule has 0 radical (unpaired) electrons. The summed E-state index contributed by atoms with van der Waals surface area (Å²) in [5, 5.41) is 0. The molecule has 0 nitrogen and oxygen atoms in total. The van der Waals surface area contributed by atoms with Gasteiger partial charge in [-0.1, -0.05) is 55.0 Å². The Morgan fingerprint density at radius 2 is 1.05 bits per heavy atom. The fourth-order valence-electron chi connectivity index (χ4n) is 5.45. The molecule has 2 saturated carbocycles. The Kier molecular flexibility index (Phi) is 3.88. The van der Waals surface area contributed by atoms with Crippen LogP contribution in [0.25, 0.3) is 0 Å². The van der Waals surface area contributed by atoms with Gasteiger partial charge >= 0.3 is 0 Å². The maximum atomic E-state index is 2.49. The zero-order chi connectivity index (χ0) is 14.1. The van der Waals surface area contributed by atoms with Crippen molar-refractivity contribution in [3.05, 3.63) is 48.6 Å². The molecule has 5 unspecified atom stereocenters. The molecule has 0 saturated heterocycles. The van der Waals surface area contributed by atoms with Crippen LogP contribution >= 0.6 is 0 Å². The Labute approximate surface area is 129 Å². The van der Waals surface area contributed by atoms with E-state index in [0.717, 1.165) is 35.5 Å². The van der Waals surface area contributed by atoms with Crippen molar-refractivity contribution in [1.29, 1.82) is 0 Å². The van der Waals surface area contributed by atoms with Gasteiger partial charge in [-0.25, -0.2) is 0 Å². The molecule has 4 aliphatic rings. The molecule has 0 bridgehead atoms. The normalized spacial score (nSPS) is 43.2. The maximum Gasteiger partial charge on any atom is -0.0139 e. The summed E-state index contributed by atoms with van der Waals surface area (Å²) in [4.78, 5) is 0. The largest absolute Gasteiger partial charge is 0.0808 e. The molecule has 2 fully saturated rings. The zero-order valence-corrected chi connectivity index (χ0v) is 13.0. The van der Waals surface area contributed by atoms with Crippen LogP contribution in [0.3, 0.4) is 0 Å². The molecule has 6 atom stereocenters. The van der Waals surface area contributed by atoms with Gasteiger partial charge in [0.2, 0.25) is 0 Å². The summed E-state index contributed by atoms with van der Waals surface area (Å²) in [5.74, 6) is 5.39. The van der Waals surface area contributed by atoms with Crippen LogP contribution in [-0.2, 0) is 0 Å². The standard InChI is InChI=1S/C21H28/c1-3-10-20-16(6-1)12-14-18(20)8-5-9-19-15-13-17-7-2-4-11-21(17)19/h1-4,6-7,10-11,16-21H,5,8-9,12-15H2/t16?,17?,18?,19?,20-,21?/m1/s1. The van der Waals surface area contributed by atoms with Crippen molar-refractivity contribution < 1.29 is 0 Å².